The summed E-state index contributed by atoms with van der Waals surface area (Å²) >= 11 is 3.47. The molecule has 1 N–H and O–H groups in total. The number of nitrogens with one attached hydrogen (secondary N) is 1. The quantitative estimate of drug-likeness (QED) is 0.795. The zero-order chi connectivity index (χ0) is 15.1. The molecule has 0 aliphatic carbocycles. The SMILES string of the molecule is CCNCC(OCc1ccccc1F)c1cccc(Br)c1. The lowest BCUT2D eigenvalue weighted by atomic mass is 10.1. The van der Waals surface area contributed by atoms with Crippen LogP contribution in [0.3, 0.4) is 0 Å². The molecule has 21 heavy (non-hydrogen) atoms. The minimum Gasteiger partial charge on any atom is -0.367 e. The maximum absolute atomic E-state index is 13.7. The van der Waals surface area contributed by atoms with Crippen LogP contribution in [-0.4, -0.2) is 13.1 Å². The molecule has 1 atom stereocenters. The fourth-order valence-electron chi connectivity index (χ4n) is 2.06. The molecule has 2 aromatic rings. The molecule has 0 aromatic heterocycles. The van der Waals surface area contributed by atoms with Gasteiger partial charge in [0.1, 0.15) is 5.82 Å². The van der Waals surface area contributed by atoms with Gasteiger partial charge in [-0.2, -0.15) is 0 Å². The highest BCUT2D eigenvalue weighted by atomic mass is 79.9. The lowest BCUT2D eigenvalue weighted by Gasteiger charge is -2.19. The van der Waals surface area contributed by atoms with Crippen LogP contribution in [0.1, 0.15) is 24.2 Å². The Bertz CT molecular complexity index is 576. The average molecular weight is 352 g/mol. The predicted octanol–water partition coefficient (Wildman–Crippen LogP) is 4.46. The number of rotatable bonds is 7. The van der Waals surface area contributed by atoms with Crippen molar-refractivity contribution in [3.8, 4) is 0 Å². The first-order chi connectivity index (χ1) is 10.2. The third kappa shape index (κ3) is 4.92. The fourth-order valence-corrected chi connectivity index (χ4v) is 2.48. The number of halogens is 2. The summed E-state index contributed by atoms with van der Waals surface area (Å²) in [7, 11) is 0. The van der Waals surface area contributed by atoms with Crippen LogP contribution in [0.4, 0.5) is 4.39 Å². The summed E-state index contributed by atoms with van der Waals surface area (Å²) in [6.07, 6.45) is -0.109. The van der Waals surface area contributed by atoms with Crippen molar-refractivity contribution in [1.82, 2.24) is 5.32 Å². The van der Waals surface area contributed by atoms with E-state index < -0.39 is 0 Å². The van der Waals surface area contributed by atoms with E-state index >= 15 is 0 Å². The van der Waals surface area contributed by atoms with Crippen molar-refractivity contribution < 1.29 is 9.13 Å². The Hall–Kier alpha value is -1.23. The largest absolute Gasteiger partial charge is 0.367 e. The van der Waals surface area contributed by atoms with Crippen molar-refractivity contribution in [2.24, 2.45) is 0 Å². The van der Waals surface area contributed by atoms with Crippen LogP contribution in [0.25, 0.3) is 0 Å². The molecule has 1 unspecified atom stereocenters. The molecule has 0 fully saturated rings. The van der Waals surface area contributed by atoms with Gasteiger partial charge in [-0.05, 0) is 30.3 Å². The van der Waals surface area contributed by atoms with Crippen molar-refractivity contribution in [2.75, 3.05) is 13.1 Å². The Morgan fingerprint density at radius 2 is 2.00 bits per heavy atom. The molecular formula is C17H19BrFNO. The maximum atomic E-state index is 13.7. The van der Waals surface area contributed by atoms with E-state index in [0.717, 1.165) is 16.6 Å². The summed E-state index contributed by atoms with van der Waals surface area (Å²) in [5.74, 6) is -0.228. The molecule has 0 heterocycles. The average Bonchev–Trinajstić information content (AvgIpc) is 2.49. The molecule has 0 amide bonds. The number of hydrogen-bond acceptors (Lipinski definition) is 2. The Morgan fingerprint density at radius 3 is 2.71 bits per heavy atom. The second kappa shape index (κ2) is 8.27. The van der Waals surface area contributed by atoms with Crippen LogP contribution >= 0.6 is 15.9 Å². The monoisotopic (exact) mass is 351 g/mol. The molecule has 2 aromatic carbocycles. The topological polar surface area (TPSA) is 21.3 Å². The minimum atomic E-state index is -0.228. The Kier molecular flexibility index (Phi) is 6.36. The van der Waals surface area contributed by atoms with Gasteiger partial charge in [0.05, 0.1) is 12.7 Å². The smallest absolute Gasteiger partial charge is 0.128 e. The van der Waals surface area contributed by atoms with Crippen LogP contribution in [0.15, 0.2) is 53.0 Å². The van der Waals surface area contributed by atoms with Gasteiger partial charge < -0.3 is 10.1 Å². The molecule has 2 rings (SSSR count). The molecule has 112 valence electrons. The second-order valence-electron chi connectivity index (χ2n) is 4.75. The summed E-state index contributed by atoms with van der Waals surface area (Å²) < 4.78 is 20.6. The van der Waals surface area contributed by atoms with Crippen LogP contribution in [0, 0.1) is 5.82 Å². The third-order valence-electron chi connectivity index (χ3n) is 3.20. The van der Waals surface area contributed by atoms with E-state index in [-0.39, 0.29) is 18.5 Å². The number of likely N-dealkylation sites (N-methyl/N-ethyl adjacent to an activating group) is 1. The summed E-state index contributed by atoms with van der Waals surface area (Å²) in [5, 5.41) is 3.28. The predicted molar refractivity (Wildman–Crippen MR) is 86.6 cm³/mol. The minimum absolute atomic E-state index is 0.109. The standard InChI is InChI=1S/C17H19BrFNO/c1-2-20-11-17(13-7-5-8-15(18)10-13)21-12-14-6-3-4-9-16(14)19/h3-10,17,20H,2,11-12H2,1H3. The summed E-state index contributed by atoms with van der Waals surface area (Å²) in [4.78, 5) is 0. The molecule has 0 aliphatic heterocycles. The third-order valence-corrected chi connectivity index (χ3v) is 3.69. The first kappa shape index (κ1) is 16.1. The molecule has 0 bridgehead atoms. The van der Waals surface area contributed by atoms with Gasteiger partial charge in [0.25, 0.3) is 0 Å². The normalized spacial score (nSPS) is 12.3. The number of hydrogen-bond donors (Lipinski definition) is 1. The summed E-state index contributed by atoms with van der Waals surface area (Å²) in [6.45, 7) is 3.87. The van der Waals surface area contributed by atoms with Crippen LogP contribution in [-0.2, 0) is 11.3 Å². The van der Waals surface area contributed by atoms with Gasteiger partial charge in [-0.1, -0.05) is 53.2 Å². The molecule has 4 heteroatoms. The van der Waals surface area contributed by atoms with Gasteiger partial charge >= 0.3 is 0 Å². The Labute approximate surface area is 133 Å². The van der Waals surface area contributed by atoms with E-state index in [1.54, 1.807) is 12.1 Å². The highest BCUT2D eigenvalue weighted by molar-refractivity contribution is 9.10. The highest BCUT2D eigenvalue weighted by Gasteiger charge is 2.13. The van der Waals surface area contributed by atoms with Crippen molar-refractivity contribution in [1.29, 1.82) is 0 Å². The first-order valence-electron chi connectivity index (χ1n) is 7.02. The van der Waals surface area contributed by atoms with Crippen molar-refractivity contribution in [2.45, 2.75) is 19.6 Å². The van der Waals surface area contributed by atoms with Crippen LogP contribution < -0.4 is 5.32 Å². The molecule has 0 saturated heterocycles. The van der Waals surface area contributed by atoms with E-state index in [4.69, 9.17) is 4.74 Å². The lowest BCUT2D eigenvalue weighted by molar-refractivity contribution is 0.0386. The summed E-state index contributed by atoms with van der Waals surface area (Å²) in [6, 6.07) is 14.7. The van der Waals surface area contributed by atoms with Crippen molar-refractivity contribution >= 4 is 15.9 Å². The van der Waals surface area contributed by atoms with Gasteiger partial charge in [0, 0.05) is 16.6 Å². The van der Waals surface area contributed by atoms with Crippen LogP contribution in [0.5, 0.6) is 0 Å². The van der Waals surface area contributed by atoms with Crippen molar-refractivity contribution in [3.05, 3.63) is 69.9 Å². The van der Waals surface area contributed by atoms with Crippen molar-refractivity contribution in [3.63, 3.8) is 0 Å². The van der Waals surface area contributed by atoms with Gasteiger partial charge in [-0.15, -0.1) is 0 Å². The van der Waals surface area contributed by atoms with Gasteiger partial charge in [0.2, 0.25) is 0 Å². The fraction of sp³-hybridized carbons (Fsp3) is 0.294. The Morgan fingerprint density at radius 1 is 1.19 bits per heavy atom. The molecule has 0 spiro atoms. The summed E-state index contributed by atoms with van der Waals surface area (Å²) in [5.41, 5.74) is 1.65. The van der Waals surface area contributed by atoms with Gasteiger partial charge in [0.15, 0.2) is 0 Å². The Balaban J connectivity index is 2.08. The zero-order valence-electron chi connectivity index (χ0n) is 12.0. The zero-order valence-corrected chi connectivity index (χ0v) is 13.6. The first-order valence-corrected chi connectivity index (χ1v) is 7.81. The van der Waals surface area contributed by atoms with Gasteiger partial charge in [-0.25, -0.2) is 4.39 Å². The molecule has 2 nitrogen and oxygen atoms in total. The lowest BCUT2D eigenvalue weighted by Crippen LogP contribution is -2.23. The van der Waals surface area contributed by atoms with E-state index in [0.29, 0.717) is 12.1 Å². The molecule has 0 saturated carbocycles. The molecule has 0 radical (unpaired) electrons. The van der Waals surface area contributed by atoms with Gasteiger partial charge in [-0.3, -0.25) is 0 Å². The number of benzene rings is 2. The van der Waals surface area contributed by atoms with E-state index in [1.807, 2.05) is 30.3 Å². The van der Waals surface area contributed by atoms with E-state index in [2.05, 4.69) is 28.2 Å². The van der Waals surface area contributed by atoms with Crippen LogP contribution in [0.2, 0.25) is 0 Å². The molecule has 0 aliphatic rings. The maximum Gasteiger partial charge on any atom is 0.128 e. The van der Waals surface area contributed by atoms with E-state index in [1.165, 1.54) is 6.07 Å². The number of ether oxygens (including phenoxy) is 1. The van der Waals surface area contributed by atoms with E-state index in [9.17, 15) is 4.39 Å². The molecular weight excluding hydrogens is 333 g/mol. The second-order valence-corrected chi connectivity index (χ2v) is 5.67. The highest BCUT2D eigenvalue weighted by Crippen LogP contribution is 2.22.